The molecule has 1 aromatic carbocycles. The van der Waals surface area contributed by atoms with Crippen molar-refractivity contribution >= 4 is 15.9 Å². The molecule has 1 aliphatic carbocycles. The third-order valence-electron chi connectivity index (χ3n) is 4.65. The van der Waals surface area contributed by atoms with Gasteiger partial charge in [-0.3, -0.25) is 0 Å². The summed E-state index contributed by atoms with van der Waals surface area (Å²) in [4.78, 5) is 0. The Morgan fingerprint density at radius 1 is 0.947 bits per heavy atom. The lowest BCUT2D eigenvalue weighted by atomic mass is 9.77. The van der Waals surface area contributed by atoms with E-state index in [1.165, 1.54) is 62.3 Å². The van der Waals surface area contributed by atoms with Crippen molar-refractivity contribution in [3.8, 4) is 0 Å². The lowest BCUT2D eigenvalue weighted by Crippen LogP contribution is -2.13. The number of benzene rings is 1. The first-order valence-corrected chi connectivity index (χ1v) is 8.84. The second-order valence-electron chi connectivity index (χ2n) is 6.12. The molecule has 0 bridgehead atoms. The number of halogens is 1. The van der Waals surface area contributed by atoms with Crippen LogP contribution in [0.15, 0.2) is 28.7 Å². The highest BCUT2D eigenvalue weighted by Gasteiger charge is 2.21. The lowest BCUT2D eigenvalue weighted by Gasteiger charge is -2.29. The van der Waals surface area contributed by atoms with Crippen molar-refractivity contribution in [1.82, 2.24) is 0 Å². The molecule has 0 aliphatic heterocycles. The van der Waals surface area contributed by atoms with E-state index >= 15 is 0 Å². The largest absolute Gasteiger partial charge is 0.0654 e. The smallest absolute Gasteiger partial charge is 0.0175 e. The van der Waals surface area contributed by atoms with Crippen LogP contribution in [0, 0.1) is 5.92 Å². The molecule has 0 heterocycles. The Bertz CT molecular complexity index is 346. The SMILES string of the molecule is CCCCCCC1CCC(c2ccc(Br)cc2)CC1. The van der Waals surface area contributed by atoms with Gasteiger partial charge in [-0.1, -0.05) is 67.1 Å². The zero-order valence-corrected chi connectivity index (χ0v) is 13.8. The fraction of sp³-hybridized carbons (Fsp3) is 0.667. The molecular formula is C18H27Br. The molecule has 0 atom stereocenters. The number of unbranched alkanes of at least 4 members (excludes halogenated alkanes) is 3. The number of rotatable bonds is 6. The Labute approximate surface area is 127 Å². The van der Waals surface area contributed by atoms with Crippen molar-refractivity contribution in [2.75, 3.05) is 0 Å². The summed E-state index contributed by atoms with van der Waals surface area (Å²) in [5.41, 5.74) is 1.55. The predicted molar refractivity (Wildman–Crippen MR) is 87.6 cm³/mol. The molecule has 106 valence electrons. The molecular weight excluding hydrogens is 296 g/mol. The second kappa shape index (κ2) is 8.09. The Morgan fingerprint density at radius 2 is 1.63 bits per heavy atom. The van der Waals surface area contributed by atoms with Crippen LogP contribution in [-0.2, 0) is 0 Å². The van der Waals surface area contributed by atoms with E-state index in [2.05, 4.69) is 47.1 Å². The van der Waals surface area contributed by atoms with Crippen LogP contribution >= 0.6 is 15.9 Å². The summed E-state index contributed by atoms with van der Waals surface area (Å²) in [5, 5.41) is 0. The third kappa shape index (κ3) is 4.95. The topological polar surface area (TPSA) is 0 Å². The highest BCUT2D eigenvalue weighted by Crippen LogP contribution is 2.37. The van der Waals surface area contributed by atoms with Gasteiger partial charge in [-0.25, -0.2) is 0 Å². The third-order valence-corrected chi connectivity index (χ3v) is 5.18. The predicted octanol–water partition coefficient (Wildman–Crippen LogP) is 6.69. The van der Waals surface area contributed by atoms with E-state index in [0.717, 1.165) is 11.8 Å². The van der Waals surface area contributed by atoms with Crippen LogP contribution in [0.4, 0.5) is 0 Å². The highest BCUT2D eigenvalue weighted by atomic mass is 79.9. The maximum atomic E-state index is 3.52. The zero-order valence-electron chi connectivity index (χ0n) is 12.2. The molecule has 0 amide bonds. The summed E-state index contributed by atoms with van der Waals surface area (Å²) in [6.07, 6.45) is 12.9. The Balaban J connectivity index is 1.71. The minimum absolute atomic E-state index is 0.819. The summed E-state index contributed by atoms with van der Waals surface area (Å²) in [6.45, 7) is 2.30. The summed E-state index contributed by atoms with van der Waals surface area (Å²) in [5.74, 6) is 1.84. The fourth-order valence-electron chi connectivity index (χ4n) is 3.38. The van der Waals surface area contributed by atoms with Crippen LogP contribution in [0.1, 0.15) is 76.2 Å². The first-order valence-electron chi connectivity index (χ1n) is 8.05. The molecule has 19 heavy (non-hydrogen) atoms. The zero-order chi connectivity index (χ0) is 13.5. The minimum Gasteiger partial charge on any atom is -0.0654 e. The molecule has 0 radical (unpaired) electrons. The van der Waals surface area contributed by atoms with E-state index < -0.39 is 0 Å². The number of hydrogen-bond donors (Lipinski definition) is 0. The van der Waals surface area contributed by atoms with Crippen LogP contribution < -0.4 is 0 Å². The van der Waals surface area contributed by atoms with Gasteiger partial charge >= 0.3 is 0 Å². The summed E-state index contributed by atoms with van der Waals surface area (Å²) in [6, 6.07) is 8.98. The van der Waals surface area contributed by atoms with E-state index in [1.807, 2.05) is 0 Å². The first kappa shape index (κ1) is 15.1. The molecule has 0 spiro atoms. The molecule has 0 saturated heterocycles. The van der Waals surface area contributed by atoms with E-state index in [1.54, 1.807) is 5.56 Å². The molecule has 0 aromatic heterocycles. The molecule has 1 fully saturated rings. The van der Waals surface area contributed by atoms with Crippen molar-refractivity contribution < 1.29 is 0 Å². The van der Waals surface area contributed by atoms with E-state index in [-0.39, 0.29) is 0 Å². The summed E-state index contributed by atoms with van der Waals surface area (Å²) in [7, 11) is 0. The van der Waals surface area contributed by atoms with Crippen LogP contribution in [0.3, 0.4) is 0 Å². The van der Waals surface area contributed by atoms with Gasteiger partial charge in [-0.15, -0.1) is 0 Å². The average molecular weight is 323 g/mol. The van der Waals surface area contributed by atoms with Gasteiger partial charge in [0.25, 0.3) is 0 Å². The molecule has 1 heteroatoms. The highest BCUT2D eigenvalue weighted by molar-refractivity contribution is 9.10. The van der Waals surface area contributed by atoms with Crippen LogP contribution in [0.2, 0.25) is 0 Å². The van der Waals surface area contributed by atoms with Gasteiger partial charge in [0, 0.05) is 4.47 Å². The van der Waals surface area contributed by atoms with Gasteiger partial charge in [0.1, 0.15) is 0 Å². The monoisotopic (exact) mass is 322 g/mol. The van der Waals surface area contributed by atoms with Gasteiger partial charge in [0.2, 0.25) is 0 Å². The van der Waals surface area contributed by atoms with E-state index in [4.69, 9.17) is 0 Å². The van der Waals surface area contributed by atoms with Crippen molar-refractivity contribution in [3.63, 3.8) is 0 Å². The van der Waals surface area contributed by atoms with Crippen molar-refractivity contribution in [2.45, 2.75) is 70.6 Å². The van der Waals surface area contributed by atoms with E-state index in [0.29, 0.717) is 0 Å². The average Bonchev–Trinajstić information content (AvgIpc) is 2.45. The quantitative estimate of drug-likeness (QED) is 0.511. The maximum Gasteiger partial charge on any atom is 0.0175 e. The van der Waals surface area contributed by atoms with Gasteiger partial charge < -0.3 is 0 Å². The molecule has 1 aliphatic rings. The molecule has 0 N–H and O–H groups in total. The maximum absolute atomic E-state index is 3.52. The molecule has 0 unspecified atom stereocenters. The normalized spacial score (nSPS) is 23.5. The lowest BCUT2D eigenvalue weighted by molar-refractivity contribution is 0.302. The minimum atomic E-state index is 0.819. The second-order valence-corrected chi connectivity index (χ2v) is 7.03. The molecule has 1 aromatic rings. The van der Waals surface area contributed by atoms with Crippen LogP contribution in [-0.4, -0.2) is 0 Å². The van der Waals surface area contributed by atoms with Crippen molar-refractivity contribution in [3.05, 3.63) is 34.3 Å². The number of hydrogen-bond acceptors (Lipinski definition) is 0. The molecule has 0 nitrogen and oxygen atoms in total. The van der Waals surface area contributed by atoms with Gasteiger partial charge in [0.05, 0.1) is 0 Å². The van der Waals surface area contributed by atoms with Gasteiger partial charge in [-0.2, -0.15) is 0 Å². The Kier molecular flexibility index (Phi) is 6.43. The molecule has 1 saturated carbocycles. The first-order chi connectivity index (χ1) is 9.29. The standard InChI is InChI=1S/C18H27Br/c1-2-3-4-5-6-15-7-9-16(10-8-15)17-11-13-18(19)14-12-17/h11-16H,2-10H2,1H3. The van der Waals surface area contributed by atoms with Crippen molar-refractivity contribution in [2.24, 2.45) is 5.92 Å². The van der Waals surface area contributed by atoms with Gasteiger partial charge in [-0.05, 0) is 55.2 Å². The van der Waals surface area contributed by atoms with E-state index in [9.17, 15) is 0 Å². The van der Waals surface area contributed by atoms with Crippen LogP contribution in [0.5, 0.6) is 0 Å². The summed E-state index contributed by atoms with van der Waals surface area (Å²) >= 11 is 3.52. The van der Waals surface area contributed by atoms with Gasteiger partial charge in [0.15, 0.2) is 0 Å². The summed E-state index contributed by atoms with van der Waals surface area (Å²) < 4.78 is 1.20. The Hall–Kier alpha value is -0.300. The van der Waals surface area contributed by atoms with Crippen LogP contribution in [0.25, 0.3) is 0 Å². The van der Waals surface area contributed by atoms with Crippen molar-refractivity contribution in [1.29, 1.82) is 0 Å². The molecule has 2 rings (SSSR count). The fourth-order valence-corrected chi connectivity index (χ4v) is 3.64. The Morgan fingerprint density at radius 3 is 2.26 bits per heavy atom.